The zero-order chi connectivity index (χ0) is 20.8. The van der Waals surface area contributed by atoms with Crippen LogP contribution in [-0.2, 0) is 0 Å². The molecule has 0 aliphatic carbocycles. The molecule has 0 saturated carbocycles. The van der Waals surface area contributed by atoms with Crippen molar-refractivity contribution >= 4 is 37.8 Å². The van der Waals surface area contributed by atoms with E-state index in [2.05, 4.69) is 85.6 Å². The Bertz CT molecular complexity index is 1060. The highest BCUT2D eigenvalue weighted by Gasteiger charge is 2.15. The summed E-state index contributed by atoms with van der Waals surface area (Å²) in [6.45, 7) is 22.9. The van der Waals surface area contributed by atoms with Gasteiger partial charge in [-0.3, -0.25) is 0 Å². The lowest BCUT2D eigenvalue weighted by Gasteiger charge is -2.18. The summed E-state index contributed by atoms with van der Waals surface area (Å²) in [5.41, 5.74) is 6.95. The lowest BCUT2D eigenvalue weighted by Crippen LogP contribution is -1.97. The van der Waals surface area contributed by atoms with Crippen LogP contribution in [0, 0.1) is 0 Å². The molecule has 0 N–H and O–H groups in total. The molecule has 2 aromatic carbocycles. The second kappa shape index (κ2) is 9.52. The second-order valence-corrected chi connectivity index (χ2v) is 7.81. The smallest absolute Gasteiger partial charge is 0.0181 e. The standard InChI is InChI=1S/C27H27Br/c1-8-9-10-19(4)22(7)27-25(21(6)20(5)12-11-18(2)3)16-14-23-13-15-24(28)17-26(23)27/h8-17H,2,5-7H2,1,3-4H3. The van der Waals surface area contributed by atoms with Gasteiger partial charge in [-0.25, -0.2) is 0 Å². The van der Waals surface area contributed by atoms with Crippen molar-refractivity contribution in [1.82, 2.24) is 0 Å². The molecule has 2 aromatic rings. The topological polar surface area (TPSA) is 0 Å². The summed E-state index contributed by atoms with van der Waals surface area (Å²) in [7, 11) is 0. The van der Waals surface area contributed by atoms with Gasteiger partial charge in [0.2, 0.25) is 0 Å². The highest BCUT2D eigenvalue weighted by Crippen LogP contribution is 2.37. The van der Waals surface area contributed by atoms with Gasteiger partial charge < -0.3 is 0 Å². The fourth-order valence-corrected chi connectivity index (χ4v) is 3.28. The predicted octanol–water partition coefficient (Wildman–Crippen LogP) is 8.84. The van der Waals surface area contributed by atoms with Crippen LogP contribution >= 0.6 is 15.9 Å². The number of fused-ring (bicyclic) bond motifs is 1. The lowest BCUT2D eigenvalue weighted by molar-refractivity contribution is 1.49. The summed E-state index contributed by atoms with van der Waals surface area (Å²) in [6, 6.07) is 10.5. The summed E-state index contributed by atoms with van der Waals surface area (Å²) < 4.78 is 1.04. The molecule has 0 bridgehead atoms. The molecule has 0 saturated heterocycles. The normalized spacial score (nSPS) is 12.1. The Morgan fingerprint density at radius 1 is 0.929 bits per heavy atom. The third-order valence-corrected chi connectivity index (χ3v) is 5.08. The van der Waals surface area contributed by atoms with Crippen molar-refractivity contribution in [3.63, 3.8) is 0 Å². The van der Waals surface area contributed by atoms with E-state index in [1.54, 1.807) is 0 Å². The Morgan fingerprint density at radius 3 is 2.25 bits per heavy atom. The van der Waals surface area contributed by atoms with E-state index in [-0.39, 0.29) is 0 Å². The number of rotatable bonds is 7. The van der Waals surface area contributed by atoms with Gasteiger partial charge in [-0.1, -0.05) is 96.4 Å². The van der Waals surface area contributed by atoms with Crippen LogP contribution in [0.4, 0.5) is 0 Å². The van der Waals surface area contributed by atoms with Gasteiger partial charge >= 0.3 is 0 Å². The van der Waals surface area contributed by atoms with Crippen LogP contribution in [0.25, 0.3) is 21.9 Å². The molecule has 0 spiro atoms. The zero-order valence-electron chi connectivity index (χ0n) is 17.0. The predicted molar refractivity (Wildman–Crippen MR) is 131 cm³/mol. The highest BCUT2D eigenvalue weighted by atomic mass is 79.9. The highest BCUT2D eigenvalue weighted by molar-refractivity contribution is 9.10. The molecule has 0 amide bonds. The average Bonchev–Trinajstić information content (AvgIpc) is 2.67. The molecule has 0 heterocycles. The summed E-state index contributed by atoms with van der Waals surface area (Å²) in [4.78, 5) is 0. The molecular weight excluding hydrogens is 404 g/mol. The van der Waals surface area contributed by atoms with E-state index in [4.69, 9.17) is 0 Å². The monoisotopic (exact) mass is 430 g/mol. The van der Waals surface area contributed by atoms with Crippen LogP contribution in [0.1, 0.15) is 31.9 Å². The molecular formula is C27H27Br. The lowest BCUT2D eigenvalue weighted by atomic mass is 9.86. The first-order valence-electron chi connectivity index (χ1n) is 9.20. The van der Waals surface area contributed by atoms with Gasteiger partial charge in [-0.15, -0.1) is 0 Å². The van der Waals surface area contributed by atoms with Crippen LogP contribution in [-0.4, -0.2) is 0 Å². The molecule has 0 unspecified atom stereocenters. The quantitative estimate of drug-likeness (QED) is 0.384. The summed E-state index contributed by atoms with van der Waals surface area (Å²) in [6.07, 6.45) is 10.0. The van der Waals surface area contributed by atoms with Crippen molar-refractivity contribution < 1.29 is 0 Å². The van der Waals surface area contributed by atoms with Gasteiger partial charge in [0.1, 0.15) is 0 Å². The third-order valence-electron chi connectivity index (χ3n) is 4.58. The zero-order valence-corrected chi connectivity index (χ0v) is 18.6. The van der Waals surface area contributed by atoms with Crippen molar-refractivity contribution in [2.45, 2.75) is 20.8 Å². The van der Waals surface area contributed by atoms with E-state index in [1.165, 1.54) is 0 Å². The third kappa shape index (κ3) is 4.99. The van der Waals surface area contributed by atoms with Crippen LogP contribution in [0.3, 0.4) is 0 Å². The number of allylic oxidation sites excluding steroid dienone is 10. The maximum absolute atomic E-state index is 4.41. The van der Waals surface area contributed by atoms with Gasteiger partial charge in [-0.05, 0) is 77.1 Å². The summed E-state index contributed by atoms with van der Waals surface area (Å²) >= 11 is 3.61. The number of benzene rings is 2. The van der Waals surface area contributed by atoms with E-state index >= 15 is 0 Å². The molecule has 2 rings (SSSR count). The van der Waals surface area contributed by atoms with Crippen molar-refractivity contribution in [2.24, 2.45) is 0 Å². The molecule has 28 heavy (non-hydrogen) atoms. The second-order valence-electron chi connectivity index (χ2n) is 6.89. The molecule has 0 aromatic heterocycles. The van der Waals surface area contributed by atoms with Gasteiger partial charge in [0.25, 0.3) is 0 Å². The van der Waals surface area contributed by atoms with Gasteiger partial charge in [0.05, 0.1) is 0 Å². The van der Waals surface area contributed by atoms with E-state index < -0.39 is 0 Å². The first kappa shape index (κ1) is 21.7. The Hall–Kier alpha value is -2.64. The van der Waals surface area contributed by atoms with Gasteiger partial charge in [0.15, 0.2) is 0 Å². The molecule has 1 heteroatoms. The fourth-order valence-electron chi connectivity index (χ4n) is 2.92. The summed E-state index contributed by atoms with van der Waals surface area (Å²) in [5, 5.41) is 2.31. The van der Waals surface area contributed by atoms with Crippen LogP contribution in [0.15, 0.2) is 108 Å². The average molecular weight is 431 g/mol. The first-order chi connectivity index (χ1) is 13.3. The van der Waals surface area contributed by atoms with E-state index in [0.717, 1.165) is 54.2 Å². The Kier molecular flexibility index (Phi) is 7.37. The SMILES string of the molecule is C=C(C)C=CC(=C)C(=C)c1ccc2ccc(Br)cc2c1C(=C)C(C)=CC=CC. The minimum absolute atomic E-state index is 0.862. The molecule has 0 nitrogen and oxygen atoms in total. The molecule has 0 fully saturated rings. The van der Waals surface area contributed by atoms with Gasteiger partial charge in [-0.2, -0.15) is 0 Å². The van der Waals surface area contributed by atoms with Crippen molar-refractivity contribution in [2.75, 3.05) is 0 Å². The van der Waals surface area contributed by atoms with Crippen molar-refractivity contribution in [3.05, 3.63) is 119 Å². The van der Waals surface area contributed by atoms with E-state index in [1.807, 2.05) is 38.2 Å². The molecule has 0 radical (unpaired) electrons. The maximum Gasteiger partial charge on any atom is 0.0181 e. The van der Waals surface area contributed by atoms with Crippen molar-refractivity contribution in [1.29, 1.82) is 0 Å². The van der Waals surface area contributed by atoms with Crippen LogP contribution in [0.5, 0.6) is 0 Å². The van der Waals surface area contributed by atoms with Crippen molar-refractivity contribution in [3.8, 4) is 0 Å². The summed E-state index contributed by atoms with van der Waals surface area (Å²) in [5.74, 6) is 0. The molecule has 0 aliphatic rings. The maximum atomic E-state index is 4.41. The Morgan fingerprint density at radius 2 is 1.61 bits per heavy atom. The minimum atomic E-state index is 0.862. The number of halogens is 1. The first-order valence-corrected chi connectivity index (χ1v) is 9.99. The molecule has 0 atom stereocenters. The van der Waals surface area contributed by atoms with E-state index in [9.17, 15) is 0 Å². The van der Waals surface area contributed by atoms with Gasteiger partial charge in [0, 0.05) is 4.47 Å². The largest absolute Gasteiger partial charge is 0.0961 e. The number of hydrogen-bond donors (Lipinski definition) is 0. The molecule has 0 aliphatic heterocycles. The van der Waals surface area contributed by atoms with Crippen LogP contribution < -0.4 is 0 Å². The Labute approximate surface area is 177 Å². The fraction of sp³-hybridized carbons (Fsp3) is 0.111. The number of hydrogen-bond acceptors (Lipinski definition) is 0. The molecule has 142 valence electrons. The minimum Gasteiger partial charge on any atom is -0.0961 e. The Balaban J connectivity index is 2.72. The van der Waals surface area contributed by atoms with E-state index in [0.29, 0.717) is 0 Å². The van der Waals surface area contributed by atoms with Crippen LogP contribution in [0.2, 0.25) is 0 Å².